The van der Waals surface area contributed by atoms with Crippen LogP contribution in [0.15, 0.2) is 17.5 Å². The average molecular weight is 309 g/mol. The quantitative estimate of drug-likeness (QED) is 0.848. The Morgan fingerprint density at radius 3 is 2.76 bits per heavy atom. The zero-order valence-corrected chi connectivity index (χ0v) is 13.9. The number of thiophene rings is 1. The maximum absolute atomic E-state index is 11.0. The summed E-state index contributed by atoms with van der Waals surface area (Å²) in [5.41, 5.74) is 6.38. The minimum absolute atomic E-state index is 0.0712. The maximum atomic E-state index is 11.0. The third kappa shape index (κ3) is 4.53. The second-order valence-electron chi connectivity index (χ2n) is 5.95. The number of hydrogen-bond donors (Lipinski definition) is 2. The van der Waals surface area contributed by atoms with E-state index in [0.717, 1.165) is 38.9 Å². The molecule has 21 heavy (non-hydrogen) atoms. The highest BCUT2D eigenvalue weighted by Crippen LogP contribution is 2.32. The second kappa shape index (κ2) is 7.92. The van der Waals surface area contributed by atoms with Crippen molar-refractivity contribution in [3.05, 3.63) is 22.4 Å². The summed E-state index contributed by atoms with van der Waals surface area (Å²) in [6.07, 6.45) is 3.27. The van der Waals surface area contributed by atoms with Crippen molar-refractivity contribution < 1.29 is 4.79 Å². The van der Waals surface area contributed by atoms with E-state index < -0.39 is 0 Å². The summed E-state index contributed by atoms with van der Waals surface area (Å²) in [6, 6.07) is 4.85. The van der Waals surface area contributed by atoms with Crippen molar-refractivity contribution in [3.63, 3.8) is 0 Å². The van der Waals surface area contributed by atoms with E-state index in [1.165, 1.54) is 4.88 Å². The molecular weight excluding hydrogens is 282 g/mol. The van der Waals surface area contributed by atoms with Gasteiger partial charge in [0.15, 0.2) is 0 Å². The van der Waals surface area contributed by atoms with E-state index in [-0.39, 0.29) is 11.9 Å². The van der Waals surface area contributed by atoms with Crippen LogP contribution in [0, 0.1) is 5.92 Å². The van der Waals surface area contributed by atoms with Crippen LogP contribution in [0.5, 0.6) is 0 Å². The van der Waals surface area contributed by atoms with Gasteiger partial charge in [-0.3, -0.25) is 9.69 Å². The first-order valence-corrected chi connectivity index (χ1v) is 8.77. The number of piperidine rings is 1. The summed E-state index contributed by atoms with van der Waals surface area (Å²) in [6.45, 7) is 6.70. The van der Waals surface area contributed by atoms with Crippen molar-refractivity contribution in [1.29, 1.82) is 0 Å². The lowest BCUT2D eigenvalue weighted by atomic mass is 9.93. The minimum atomic E-state index is 0.0712. The van der Waals surface area contributed by atoms with Crippen molar-refractivity contribution in [2.75, 3.05) is 19.6 Å². The number of carbonyl (C=O) groups is 1. The van der Waals surface area contributed by atoms with Crippen LogP contribution in [0.2, 0.25) is 0 Å². The first kappa shape index (κ1) is 16.5. The van der Waals surface area contributed by atoms with Crippen LogP contribution in [0.4, 0.5) is 0 Å². The van der Waals surface area contributed by atoms with Gasteiger partial charge >= 0.3 is 0 Å². The molecule has 1 aromatic heterocycles. The van der Waals surface area contributed by atoms with Crippen LogP contribution in [0.1, 0.15) is 44.0 Å². The number of hydrogen-bond acceptors (Lipinski definition) is 4. The van der Waals surface area contributed by atoms with Crippen LogP contribution in [-0.2, 0) is 4.79 Å². The third-order valence-electron chi connectivity index (χ3n) is 4.39. The molecule has 0 aromatic carbocycles. The van der Waals surface area contributed by atoms with Crippen LogP contribution < -0.4 is 11.1 Å². The molecular formula is C16H27N3OS. The predicted molar refractivity (Wildman–Crippen MR) is 88.3 cm³/mol. The van der Waals surface area contributed by atoms with Gasteiger partial charge in [0, 0.05) is 24.4 Å². The molecule has 2 heterocycles. The molecule has 1 fully saturated rings. The van der Waals surface area contributed by atoms with Crippen LogP contribution in [0.25, 0.3) is 0 Å². The summed E-state index contributed by atoms with van der Waals surface area (Å²) >= 11 is 1.80. The van der Waals surface area contributed by atoms with E-state index in [1.807, 2.05) is 0 Å². The Morgan fingerprint density at radius 2 is 2.24 bits per heavy atom. The van der Waals surface area contributed by atoms with E-state index in [0.29, 0.717) is 12.0 Å². The maximum Gasteiger partial charge on any atom is 0.216 e. The van der Waals surface area contributed by atoms with Crippen LogP contribution in [0.3, 0.4) is 0 Å². The van der Waals surface area contributed by atoms with Gasteiger partial charge in [-0.2, -0.15) is 0 Å². The molecule has 2 rings (SSSR count). The normalized spacial score (nSPS) is 20.1. The van der Waals surface area contributed by atoms with Crippen molar-refractivity contribution in [2.24, 2.45) is 11.7 Å². The zero-order chi connectivity index (χ0) is 15.2. The van der Waals surface area contributed by atoms with Gasteiger partial charge in [-0.05, 0) is 49.7 Å². The second-order valence-corrected chi connectivity index (χ2v) is 6.93. The summed E-state index contributed by atoms with van der Waals surface area (Å²) in [4.78, 5) is 14.9. The van der Waals surface area contributed by atoms with Gasteiger partial charge in [0.1, 0.15) is 0 Å². The molecule has 1 aliphatic heterocycles. The molecule has 0 bridgehead atoms. The standard InChI is InChI=1S/C16H27N3OS/c1-3-14(17)16(15-5-4-10-21-15)19-8-6-13(7-9-19)11-18-12(2)20/h4-5,10,13-14,16H,3,6-9,11,17H2,1-2H3,(H,18,20). The smallest absolute Gasteiger partial charge is 0.216 e. The molecule has 118 valence electrons. The van der Waals surface area contributed by atoms with Crippen molar-refractivity contribution in [3.8, 4) is 0 Å². The highest BCUT2D eigenvalue weighted by molar-refractivity contribution is 7.10. The Morgan fingerprint density at radius 1 is 1.52 bits per heavy atom. The van der Waals surface area contributed by atoms with Gasteiger partial charge in [-0.25, -0.2) is 0 Å². The molecule has 5 heteroatoms. The molecule has 2 unspecified atom stereocenters. The van der Waals surface area contributed by atoms with E-state index >= 15 is 0 Å². The van der Waals surface area contributed by atoms with E-state index in [4.69, 9.17) is 5.73 Å². The Balaban J connectivity index is 1.93. The van der Waals surface area contributed by atoms with Crippen LogP contribution in [-0.4, -0.2) is 36.5 Å². The zero-order valence-electron chi connectivity index (χ0n) is 13.0. The molecule has 0 saturated carbocycles. The molecule has 0 aliphatic carbocycles. The lowest BCUT2D eigenvalue weighted by molar-refractivity contribution is -0.119. The topological polar surface area (TPSA) is 58.4 Å². The summed E-state index contributed by atoms with van der Waals surface area (Å²) in [7, 11) is 0. The van der Waals surface area contributed by atoms with Gasteiger partial charge in [0.05, 0.1) is 6.04 Å². The average Bonchev–Trinajstić information content (AvgIpc) is 3.00. The highest BCUT2D eigenvalue weighted by atomic mass is 32.1. The first-order valence-electron chi connectivity index (χ1n) is 7.89. The molecule has 1 amide bonds. The SMILES string of the molecule is CCC(N)C(c1cccs1)N1CCC(CNC(C)=O)CC1. The number of nitrogens with zero attached hydrogens (tertiary/aromatic N) is 1. The van der Waals surface area contributed by atoms with Crippen molar-refractivity contribution in [2.45, 2.75) is 45.2 Å². The van der Waals surface area contributed by atoms with Gasteiger partial charge in [-0.1, -0.05) is 13.0 Å². The third-order valence-corrected chi connectivity index (χ3v) is 5.34. The fourth-order valence-electron chi connectivity index (χ4n) is 3.07. The fraction of sp³-hybridized carbons (Fsp3) is 0.688. The summed E-state index contributed by atoms with van der Waals surface area (Å²) < 4.78 is 0. The number of likely N-dealkylation sites (tertiary alicyclic amines) is 1. The van der Waals surface area contributed by atoms with Gasteiger partial charge in [0.2, 0.25) is 5.91 Å². The minimum Gasteiger partial charge on any atom is -0.356 e. The Hall–Kier alpha value is -0.910. The van der Waals surface area contributed by atoms with Gasteiger partial charge in [0.25, 0.3) is 0 Å². The molecule has 3 N–H and O–H groups in total. The number of amides is 1. The molecule has 1 aromatic rings. The Kier molecular flexibility index (Phi) is 6.21. The number of carbonyl (C=O) groups excluding carboxylic acids is 1. The molecule has 0 radical (unpaired) electrons. The lowest BCUT2D eigenvalue weighted by Gasteiger charge is -2.39. The fourth-order valence-corrected chi connectivity index (χ4v) is 4.00. The molecule has 1 saturated heterocycles. The lowest BCUT2D eigenvalue weighted by Crippen LogP contribution is -2.45. The molecule has 1 aliphatic rings. The largest absolute Gasteiger partial charge is 0.356 e. The molecule has 4 nitrogen and oxygen atoms in total. The molecule has 0 spiro atoms. The van der Waals surface area contributed by atoms with Crippen molar-refractivity contribution >= 4 is 17.2 Å². The Labute approximate surface area is 131 Å². The van der Waals surface area contributed by atoms with Crippen molar-refractivity contribution in [1.82, 2.24) is 10.2 Å². The van der Waals surface area contributed by atoms with Crippen LogP contribution >= 0.6 is 11.3 Å². The van der Waals surface area contributed by atoms with Gasteiger partial charge in [-0.15, -0.1) is 11.3 Å². The van der Waals surface area contributed by atoms with Gasteiger partial charge < -0.3 is 11.1 Å². The Bertz CT molecular complexity index is 427. The molecule has 2 atom stereocenters. The monoisotopic (exact) mass is 309 g/mol. The predicted octanol–water partition coefficient (Wildman–Crippen LogP) is 2.37. The number of rotatable bonds is 6. The van der Waals surface area contributed by atoms with E-state index in [1.54, 1.807) is 18.3 Å². The number of nitrogens with one attached hydrogen (secondary N) is 1. The summed E-state index contributed by atoms with van der Waals surface area (Å²) in [5.74, 6) is 0.675. The number of nitrogens with two attached hydrogens (primary N) is 1. The van der Waals surface area contributed by atoms with E-state index in [9.17, 15) is 4.79 Å². The highest BCUT2D eigenvalue weighted by Gasteiger charge is 2.30. The summed E-state index contributed by atoms with van der Waals surface area (Å²) in [5, 5.41) is 5.07. The first-order chi connectivity index (χ1) is 10.1. The van der Waals surface area contributed by atoms with E-state index in [2.05, 4.69) is 34.7 Å².